The first-order chi connectivity index (χ1) is 8.06. The Balaban J connectivity index is 2.06. The summed E-state index contributed by atoms with van der Waals surface area (Å²) in [4.78, 5) is 2.29. The van der Waals surface area contributed by atoms with Crippen molar-refractivity contribution in [2.75, 3.05) is 19.6 Å². The van der Waals surface area contributed by atoms with Crippen molar-refractivity contribution in [2.45, 2.75) is 12.0 Å². The highest BCUT2D eigenvalue weighted by Gasteiger charge is 2.26. The van der Waals surface area contributed by atoms with Crippen LogP contribution in [0.1, 0.15) is 11.5 Å². The zero-order chi connectivity index (χ0) is 12.4. The summed E-state index contributed by atoms with van der Waals surface area (Å²) in [7, 11) is 0. The Hall–Kier alpha value is -1.03. The molecule has 92 valence electrons. The predicted molar refractivity (Wildman–Crippen MR) is 71.9 cm³/mol. The van der Waals surface area contributed by atoms with Gasteiger partial charge in [0.15, 0.2) is 0 Å². The molecule has 2 rings (SSSR count). The lowest BCUT2D eigenvalue weighted by molar-refractivity contribution is 0.145. The van der Waals surface area contributed by atoms with Crippen LogP contribution in [0.15, 0.2) is 36.5 Å². The first-order valence-corrected chi connectivity index (χ1v) is 6.11. The maximum atomic E-state index is 5.88. The van der Waals surface area contributed by atoms with Crippen molar-refractivity contribution < 1.29 is 0 Å². The lowest BCUT2D eigenvalue weighted by Gasteiger charge is -2.39. The van der Waals surface area contributed by atoms with Crippen molar-refractivity contribution in [1.29, 1.82) is 0 Å². The van der Waals surface area contributed by atoms with Gasteiger partial charge in [0.2, 0.25) is 0 Å². The van der Waals surface area contributed by atoms with Crippen LogP contribution in [0.3, 0.4) is 0 Å². The minimum atomic E-state index is 0.153. The number of hydrogen-bond donors (Lipinski definition) is 2. The second-order valence-corrected chi connectivity index (χ2v) is 5.09. The van der Waals surface area contributed by atoms with Crippen LogP contribution in [0.25, 0.3) is 0 Å². The summed E-state index contributed by atoms with van der Waals surface area (Å²) in [6.07, 6.45) is 0. The highest BCUT2D eigenvalue weighted by molar-refractivity contribution is 6.30. The fourth-order valence-corrected chi connectivity index (χ4v) is 2.27. The number of rotatable bonds is 4. The maximum Gasteiger partial charge on any atom is 0.0406 e. The molecule has 0 saturated carbocycles. The Morgan fingerprint density at radius 1 is 1.41 bits per heavy atom. The van der Waals surface area contributed by atoms with Crippen molar-refractivity contribution >= 4 is 11.6 Å². The molecular formula is C13H18ClN3. The van der Waals surface area contributed by atoms with Crippen LogP contribution in [0.5, 0.6) is 0 Å². The SMILES string of the molecule is C=C(N)[C@@H](CN1CC(N)C1)c1ccc(Cl)cc1. The minimum absolute atomic E-state index is 0.153. The van der Waals surface area contributed by atoms with E-state index in [1.54, 1.807) is 0 Å². The number of nitrogens with two attached hydrogens (primary N) is 2. The Labute approximate surface area is 107 Å². The van der Waals surface area contributed by atoms with E-state index >= 15 is 0 Å². The van der Waals surface area contributed by atoms with Crippen molar-refractivity contribution in [3.63, 3.8) is 0 Å². The van der Waals surface area contributed by atoms with Crippen LogP contribution < -0.4 is 11.5 Å². The van der Waals surface area contributed by atoms with Crippen molar-refractivity contribution in [3.8, 4) is 0 Å². The molecule has 1 aromatic rings. The van der Waals surface area contributed by atoms with E-state index in [-0.39, 0.29) is 5.92 Å². The van der Waals surface area contributed by atoms with Gasteiger partial charge in [0.25, 0.3) is 0 Å². The molecule has 0 amide bonds. The lowest BCUT2D eigenvalue weighted by Crippen LogP contribution is -2.56. The average molecular weight is 252 g/mol. The Kier molecular flexibility index (Phi) is 3.72. The van der Waals surface area contributed by atoms with E-state index in [1.807, 2.05) is 24.3 Å². The summed E-state index contributed by atoms with van der Waals surface area (Å²) < 4.78 is 0. The number of hydrogen-bond acceptors (Lipinski definition) is 3. The molecule has 0 aliphatic carbocycles. The number of nitrogens with zero attached hydrogens (tertiary/aromatic N) is 1. The molecule has 1 aliphatic rings. The molecule has 1 aromatic carbocycles. The molecule has 1 aliphatic heterocycles. The zero-order valence-corrected chi connectivity index (χ0v) is 10.5. The van der Waals surface area contributed by atoms with Crippen LogP contribution in [0, 0.1) is 0 Å². The Bertz CT molecular complexity index is 396. The molecule has 0 aromatic heterocycles. The van der Waals surface area contributed by atoms with Gasteiger partial charge in [0.1, 0.15) is 0 Å². The van der Waals surface area contributed by atoms with E-state index in [2.05, 4.69) is 11.5 Å². The van der Waals surface area contributed by atoms with Crippen LogP contribution >= 0.6 is 11.6 Å². The first kappa shape index (κ1) is 12.4. The smallest absolute Gasteiger partial charge is 0.0406 e. The third-order valence-electron chi connectivity index (χ3n) is 3.15. The van der Waals surface area contributed by atoms with E-state index in [1.165, 1.54) is 0 Å². The van der Waals surface area contributed by atoms with Gasteiger partial charge in [-0.25, -0.2) is 0 Å². The quantitative estimate of drug-likeness (QED) is 0.854. The van der Waals surface area contributed by atoms with Gasteiger partial charge in [-0.2, -0.15) is 0 Å². The van der Waals surface area contributed by atoms with E-state index < -0.39 is 0 Å². The van der Waals surface area contributed by atoms with Gasteiger partial charge in [-0.05, 0) is 17.7 Å². The van der Waals surface area contributed by atoms with Crippen LogP contribution in [-0.2, 0) is 0 Å². The highest BCUT2D eigenvalue weighted by Crippen LogP contribution is 2.24. The molecule has 17 heavy (non-hydrogen) atoms. The summed E-state index contributed by atoms with van der Waals surface area (Å²) in [6, 6.07) is 8.09. The third-order valence-corrected chi connectivity index (χ3v) is 3.40. The highest BCUT2D eigenvalue weighted by atomic mass is 35.5. The molecule has 1 heterocycles. The molecule has 0 radical (unpaired) electrons. The number of halogens is 1. The van der Waals surface area contributed by atoms with E-state index in [9.17, 15) is 0 Å². The molecule has 4 N–H and O–H groups in total. The van der Waals surface area contributed by atoms with Gasteiger partial charge >= 0.3 is 0 Å². The fourth-order valence-electron chi connectivity index (χ4n) is 2.15. The monoisotopic (exact) mass is 251 g/mol. The normalized spacial score (nSPS) is 18.7. The Morgan fingerprint density at radius 2 is 2.00 bits per heavy atom. The van der Waals surface area contributed by atoms with Crippen molar-refractivity contribution in [3.05, 3.63) is 47.1 Å². The van der Waals surface area contributed by atoms with Crippen molar-refractivity contribution in [1.82, 2.24) is 4.90 Å². The summed E-state index contributed by atoms with van der Waals surface area (Å²) in [6.45, 7) is 6.63. The van der Waals surface area contributed by atoms with Crippen molar-refractivity contribution in [2.24, 2.45) is 11.5 Å². The summed E-state index contributed by atoms with van der Waals surface area (Å²) in [5.41, 5.74) is 13.5. The summed E-state index contributed by atoms with van der Waals surface area (Å²) in [5.74, 6) is 0.153. The number of likely N-dealkylation sites (tertiary alicyclic amines) is 1. The third kappa shape index (κ3) is 3.00. The van der Waals surface area contributed by atoms with Crippen LogP contribution in [0.2, 0.25) is 5.02 Å². The Morgan fingerprint density at radius 3 is 2.47 bits per heavy atom. The van der Waals surface area contributed by atoms with Crippen LogP contribution in [-0.4, -0.2) is 30.6 Å². The molecule has 0 unspecified atom stereocenters. The maximum absolute atomic E-state index is 5.88. The van der Waals surface area contributed by atoms with Gasteiger partial charge < -0.3 is 11.5 Å². The van der Waals surface area contributed by atoms with Gasteiger partial charge in [-0.15, -0.1) is 0 Å². The van der Waals surface area contributed by atoms with Gasteiger partial charge in [0.05, 0.1) is 0 Å². The molecule has 4 heteroatoms. The standard InChI is InChI=1S/C13H18ClN3/c1-9(15)13(8-17-6-12(16)7-17)10-2-4-11(14)5-3-10/h2-5,12-13H,1,6-8,15-16H2/t13-/m1/s1. The summed E-state index contributed by atoms with van der Waals surface area (Å²) in [5, 5.41) is 0.737. The van der Waals surface area contributed by atoms with E-state index in [0.29, 0.717) is 11.7 Å². The second-order valence-electron chi connectivity index (χ2n) is 4.66. The largest absolute Gasteiger partial charge is 0.402 e. The van der Waals surface area contributed by atoms with Gasteiger partial charge in [-0.3, -0.25) is 4.90 Å². The molecular weight excluding hydrogens is 234 g/mol. The summed E-state index contributed by atoms with van der Waals surface area (Å²) >= 11 is 5.88. The van der Waals surface area contributed by atoms with Gasteiger partial charge in [-0.1, -0.05) is 30.3 Å². The van der Waals surface area contributed by atoms with E-state index in [4.69, 9.17) is 23.1 Å². The first-order valence-electron chi connectivity index (χ1n) is 5.74. The van der Waals surface area contributed by atoms with Gasteiger partial charge in [0, 0.05) is 42.3 Å². The molecule has 3 nitrogen and oxygen atoms in total. The zero-order valence-electron chi connectivity index (χ0n) is 9.77. The molecule has 1 fully saturated rings. The molecule has 0 bridgehead atoms. The molecule has 1 saturated heterocycles. The second kappa shape index (κ2) is 5.08. The fraction of sp³-hybridized carbons (Fsp3) is 0.385. The van der Waals surface area contributed by atoms with Crippen LogP contribution in [0.4, 0.5) is 0 Å². The topological polar surface area (TPSA) is 55.3 Å². The molecule has 1 atom stereocenters. The average Bonchev–Trinajstić information content (AvgIpc) is 2.24. The minimum Gasteiger partial charge on any atom is -0.402 e. The molecule has 0 spiro atoms. The number of benzene rings is 1. The lowest BCUT2D eigenvalue weighted by atomic mass is 9.94. The van der Waals surface area contributed by atoms with E-state index in [0.717, 1.165) is 30.2 Å². The predicted octanol–water partition coefficient (Wildman–Crippen LogP) is 1.54.